The van der Waals surface area contributed by atoms with Gasteiger partial charge in [-0.3, -0.25) is 0 Å². The van der Waals surface area contributed by atoms with Gasteiger partial charge in [-0.1, -0.05) is 18.2 Å². The zero-order valence-electron chi connectivity index (χ0n) is 13.0. The Bertz CT molecular complexity index is 782. The third kappa shape index (κ3) is 3.87. The fourth-order valence-electron chi connectivity index (χ4n) is 2.18. The van der Waals surface area contributed by atoms with E-state index in [0.29, 0.717) is 17.1 Å². The number of halogens is 3. The molecular formula is C18H14F3NO2. The smallest absolute Gasteiger partial charge is 0.416 e. The molecule has 6 heteroatoms. The van der Waals surface area contributed by atoms with Crippen LogP contribution in [-0.4, -0.2) is 14.2 Å². The Hall–Kier alpha value is -2.94. The number of nitrogens with zero attached hydrogens (tertiary/aromatic N) is 1. The molecule has 0 radical (unpaired) electrons. The summed E-state index contributed by atoms with van der Waals surface area (Å²) in [4.78, 5) is 0. The second kappa shape index (κ2) is 7.09. The number of rotatable bonds is 4. The average molecular weight is 333 g/mol. The van der Waals surface area contributed by atoms with Crippen molar-refractivity contribution in [2.45, 2.75) is 6.18 Å². The predicted octanol–water partition coefficient (Wildman–Crippen LogP) is 4.79. The van der Waals surface area contributed by atoms with Crippen molar-refractivity contribution >= 4 is 11.6 Å². The summed E-state index contributed by atoms with van der Waals surface area (Å²) in [5, 5.41) is 9.38. The van der Waals surface area contributed by atoms with Crippen LogP contribution in [0.25, 0.3) is 11.6 Å². The summed E-state index contributed by atoms with van der Waals surface area (Å²) < 4.78 is 49.5. The first kappa shape index (κ1) is 17.4. The lowest BCUT2D eigenvalue weighted by Gasteiger charge is -2.11. The van der Waals surface area contributed by atoms with Crippen LogP contribution in [0.4, 0.5) is 13.2 Å². The van der Waals surface area contributed by atoms with E-state index in [1.54, 1.807) is 18.2 Å². The first-order chi connectivity index (χ1) is 11.4. The van der Waals surface area contributed by atoms with Crippen LogP contribution in [0.3, 0.4) is 0 Å². The fraction of sp³-hybridized carbons (Fsp3) is 0.167. The molecule has 2 aromatic carbocycles. The van der Waals surface area contributed by atoms with Crippen LogP contribution in [0.2, 0.25) is 0 Å². The molecule has 24 heavy (non-hydrogen) atoms. The van der Waals surface area contributed by atoms with Gasteiger partial charge in [0.05, 0.1) is 31.4 Å². The zero-order valence-corrected chi connectivity index (χ0v) is 13.0. The van der Waals surface area contributed by atoms with Crippen molar-refractivity contribution in [1.82, 2.24) is 0 Å². The minimum Gasteiger partial charge on any atom is -0.497 e. The molecular weight excluding hydrogens is 319 g/mol. The summed E-state index contributed by atoms with van der Waals surface area (Å²) >= 11 is 0. The molecule has 0 saturated heterocycles. The standard InChI is InChI=1S/C18H14F3NO2/c1-23-15-8-13(9-16(10-15)24-2)14(11-22)7-12-5-3-4-6-17(12)18(19,20)21/h3-10H,1-2H3/b14-7+. The van der Waals surface area contributed by atoms with Crippen molar-refractivity contribution in [2.75, 3.05) is 14.2 Å². The van der Waals surface area contributed by atoms with Gasteiger partial charge < -0.3 is 9.47 Å². The molecule has 0 bridgehead atoms. The quantitative estimate of drug-likeness (QED) is 0.597. The first-order valence-electron chi connectivity index (χ1n) is 6.90. The number of methoxy groups -OCH3 is 2. The van der Waals surface area contributed by atoms with Gasteiger partial charge in [-0.05, 0) is 35.4 Å². The molecule has 0 aliphatic carbocycles. The second-order valence-corrected chi connectivity index (χ2v) is 4.86. The third-order valence-corrected chi connectivity index (χ3v) is 3.35. The predicted molar refractivity (Wildman–Crippen MR) is 84.5 cm³/mol. The summed E-state index contributed by atoms with van der Waals surface area (Å²) in [6.45, 7) is 0. The second-order valence-electron chi connectivity index (χ2n) is 4.86. The average Bonchev–Trinajstić information content (AvgIpc) is 2.58. The number of benzene rings is 2. The summed E-state index contributed by atoms with van der Waals surface area (Å²) in [5.74, 6) is 0.879. The molecule has 0 saturated carbocycles. The lowest BCUT2D eigenvalue weighted by Crippen LogP contribution is -2.07. The van der Waals surface area contributed by atoms with Gasteiger partial charge >= 0.3 is 6.18 Å². The fourth-order valence-corrected chi connectivity index (χ4v) is 2.18. The van der Waals surface area contributed by atoms with E-state index in [1.165, 1.54) is 38.5 Å². The van der Waals surface area contributed by atoms with Crippen LogP contribution >= 0.6 is 0 Å². The van der Waals surface area contributed by atoms with Gasteiger partial charge in [-0.15, -0.1) is 0 Å². The van der Waals surface area contributed by atoms with Crippen LogP contribution in [0.1, 0.15) is 16.7 Å². The Morgan fingerprint density at radius 2 is 1.62 bits per heavy atom. The minimum absolute atomic E-state index is 0.0731. The maximum Gasteiger partial charge on any atom is 0.416 e. The summed E-state index contributed by atoms with van der Waals surface area (Å²) in [5.41, 5.74) is -0.398. The topological polar surface area (TPSA) is 42.2 Å². The van der Waals surface area contributed by atoms with E-state index in [2.05, 4.69) is 0 Å². The maximum atomic E-state index is 13.1. The highest BCUT2D eigenvalue weighted by Crippen LogP contribution is 2.34. The van der Waals surface area contributed by atoms with Gasteiger partial charge in [-0.2, -0.15) is 18.4 Å². The lowest BCUT2D eigenvalue weighted by atomic mass is 10.00. The number of allylic oxidation sites excluding steroid dienone is 1. The number of alkyl halides is 3. The van der Waals surface area contributed by atoms with Crippen LogP contribution in [-0.2, 0) is 6.18 Å². The summed E-state index contributed by atoms with van der Waals surface area (Å²) in [6.07, 6.45) is -3.29. The molecule has 0 aliphatic rings. The normalized spacial score (nSPS) is 11.8. The molecule has 0 N–H and O–H groups in total. The maximum absolute atomic E-state index is 13.1. The van der Waals surface area contributed by atoms with E-state index in [9.17, 15) is 18.4 Å². The van der Waals surface area contributed by atoms with Gasteiger partial charge in [0.1, 0.15) is 11.5 Å². The molecule has 0 aromatic heterocycles. The van der Waals surface area contributed by atoms with Gasteiger partial charge in [0, 0.05) is 6.07 Å². The van der Waals surface area contributed by atoms with Crippen molar-refractivity contribution < 1.29 is 22.6 Å². The molecule has 2 rings (SSSR count). The lowest BCUT2D eigenvalue weighted by molar-refractivity contribution is -0.137. The number of nitriles is 1. The number of ether oxygens (including phenoxy) is 2. The minimum atomic E-state index is -4.50. The van der Waals surface area contributed by atoms with Crippen molar-refractivity contribution in [2.24, 2.45) is 0 Å². The zero-order chi connectivity index (χ0) is 17.7. The number of hydrogen-bond acceptors (Lipinski definition) is 3. The monoisotopic (exact) mass is 333 g/mol. The van der Waals surface area contributed by atoms with Crippen LogP contribution < -0.4 is 9.47 Å². The molecule has 0 aliphatic heterocycles. The van der Waals surface area contributed by atoms with E-state index in [4.69, 9.17) is 9.47 Å². The highest BCUT2D eigenvalue weighted by Gasteiger charge is 2.32. The Labute approximate surface area is 137 Å². The highest BCUT2D eigenvalue weighted by molar-refractivity contribution is 5.90. The molecule has 3 nitrogen and oxygen atoms in total. The molecule has 0 fully saturated rings. The molecule has 0 spiro atoms. The molecule has 2 aromatic rings. The van der Waals surface area contributed by atoms with Gasteiger partial charge in [0.2, 0.25) is 0 Å². The van der Waals surface area contributed by atoms with Crippen LogP contribution in [0.15, 0.2) is 42.5 Å². The van der Waals surface area contributed by atoms with Gasteiger partial charge in [0.25, 0.3) is 0 Å². The van der Waals surface area contributed by atoms with E-state index < -0.39 is 11.7 Å². The van der Waals surface area contributed by atoms with E-state index in [-0.39, 0.29) is 11.1 Å². The Kier molecular flexibility index (Phi) is 5.14. The SMILES string of the molecule is COc1cc(OC)cc(/C(C#N)=C/c2ccccc2C(F)(F)F)c1. The Morgan fingerprint density at radius 1 is 1.04 bits per heavy atom. The molecule has 0 heterocycles. The van der Waals surface area contributed by atoms with Gasteiger partial charge in [-0.25, -0.2) is 0 Å². The number of hydrogen-bond donors (Lipinski definition) is 0. The Balaban J connectivity index is 2.58. The summed E-state index contributed by atoms with van der Waals surface area (Å²) in [6, 6.07) is 11.8. The first-order valence-corrected chi connectivity index (χ1v) is 6.90. The molecule has 124 valence electrons. The highest BCUT2D eigenvalue weighted by atomic mass is 19.4. The summed E-state index contributed by atoms with van der Waals surface area (Å²) in [7, 11) is 2.90. The van der Waals surface area contributed by atoms with Crippen molar-refractivity contribution in [1.29, 1.82) is 5.26 Å². The van der Waals surface area contributed by atoms with E-state index in [0.717, 1.165) is 6.07 Å². The van der Waals surface area contributed by atoms with Crippen molar-refractivity contribution in [3.8, 4) is 17.6 Å². The van der Waals surface area contributed by atoms with Crippen LogP contribution in [0, 0.1) is 11.3 Å². The van der Waals surface area contributed by atoms with E-state index in [1.807, 2.05) is 6.07 Å². The van der Waals surface area contributed by atoms with E-state index >= 15 is 0 Å². The largest absolute Gasteiger partial charge is 0.497 e. The molecule has 0 atom stereocenters. The molecule has 0 amide bonds. The van der Waals surface area contributed by atoms with Crippen molar-refractivity contribution in [3.05, 3.63) is 59.2 Å². The van der Waals surface area contributed by atoms with Gasteiger partial charge in [0.15, 0.2) is 0 Å². The van der Waals surface area contributed by atoms with Crippen molar-refractivity contribution in [3.63, 3.8) is 0 Å². The van der Waals surface area contributed by atoms with Crippen LogP contribution in [0.5, 0.6) is 11.5 Å². The molecule has 0 unspecified atom stereocenters. The third-order valence-electron chi connectivity index (χ3n) is 3.35. The Morgan fingerprint density at radius 3 is 2.12 bits per heavy atom.